The van der Waals surface area contributed by atoms with Crippen molar-refractivity contribution < 1.29 is 44.6 Å². The molecule has 1 amide bonds. The molecule has 220 valence electrons. The number of amides is 1. The second-order valence-corrected chi connectivity index (χ2v) is 10.2. The second-order valence-electron chi connectivity index (χ2n) is 10.2. The molecule has 0 bridgehead atoms. The van der Waals surface area contributed by atoms with Crippen LogP contribution >= 0.6 is 0 Å². The van der Waals surface area contributed by atoms with Crippen molar-refractivity contribution in [1.29, 1.82) is 0 Å². The topological polar surface area (TPSA) is 166 Å². The van der Waals surface area contributed by atoms with Crippen molar-refractivity contribution in [2.24, 2.45) is 11.8 Å². The molecule has 1 aliphatic rings. The van der Waals surface area contributed by atoms with Gasteiger partial charge in [0.15, 0.2) is 0 Å². The quantitative estimate of drug-likeness (QED) is 0.0626. The summed E-state index contributed by atoms with van der Waals surface area (Å²) in [4.78, 5) is 40.2. The molecular formula is C27H48N2O9. The molecule has 0 radical (unpaired) electrons. The van der Waals surface area contributed by atoms with Crippen LogP contribution in [-0.4, -0.2) is 75.1 Å². The summed E-state index contributed by atoms with van der Waals surface area (Å²) < 4.78 is 4.95. The summed E-state index contributed by atoms with van der Waals surface area (Å²) in [6.07, 6.45) is 11.6. The standard InChI is InChI=1S/C27H48N2O9/c1-3-4-5-6-9-12-21(30)15-16-23-22(24(31)17-25(23)32)13-10-7-8-11-14-26(33)28-18-27(34)38-20(2)19-37-29(35)36/h7,10,20,22-25,31-32,35-36H,3-6,8-9,11-19H2,1-2H3,(H,28,33)/b10-7-/t20?,22-,23-,24+,25-/m1/s1. The van der Waals surface area contributed by atoms with E-state index in [0.29, 0.717) is 44.9 Å². The first-order chi connectivity index (χ1) is 18.1. The third-order valence-corrected chi connectivity index (χ3v) is 6.87. The first-order valence-corrected chi connectivity index (χ1v) is 13.9. The number of Topliss-reactive ketones (excluding diaryl/α,β-unsaturated/α-hetero) is 1. The average molecular weight is 545 g/mol. The molecule has 1 saturated carbocycles. The Hall–Kier alpha value is -1.89. The van der Waals surface area contributed by atoms with E-state index in [1.165, 1.54) is 26.2 Å². The Labute approximate surface area is 226 Å². The lowest BCUT2D eigenvalue weighted by Gasteiger charge is -2.22. The van der Waals surface area contributed by atoms with Crippen LogP contribution < -0.4 is 5.32 Å². The van der Waals surface area contributed by atoms with Gasteiger partial charge in [-0.25, -0.2) is 4.84 Å². The highest BCUT2D eigenvalue weighted by molar-refractivity contribution is 5.81. The van der Waals surface area contributed by atoms with Crippen molar-refractivity contribution >= 4 is 17.7 Å². The predicted octanol–water partition coefficient (Wildman–Crippen LogP) is 3.23. The van der Waals surface area contributed by atoms with E-state index in [0.717, 1.165) is 12.8 Å². The molecule has 5 N–H and O–H groups in total. The maximum absolute atomic E-state index is 12.3. The highest BCUT2D eigenvalue weighted by Crippen LogP contribution is 2.38. The molecule has 11 heteroatoms. The Morgan fingerprint density at radius 2 is 1.68 bits per heavy atom. The summed E-state index contributed by atoms with van der Waals surface area (Å²) in [5.74, 6) is -0.902. The van der Waals surface area contributed by atoms with Crippen LogP contribution in [0.4, 0.5) is 0 Å². The van der Waals surface area contributed by atoms with Gasteiger partial charge in [0.25, 0.3) is 0 Å². The van der Waals surface area contributed by atoms with Crippen LogP contribution in [0.3, 0.4) is 0 Å². The minimum atomic E-state index is -0.730. The summed E-state index contributed by atoms with van der Waals surface area (Å²) in [6, 6.07) is 0. The number of hydrogen-bond acceptors (Lipinski definition) is 10. The van der Waals surface area contributed by atoms with Gasteiger partial charge in [0.2, 0.25) is 5.91 Å². The van der Waals surface area contributed by atoms with Gasteiger partial charge in [0.1, 0.15) is 25.0 Å². The van der Waals surface area contributed by atoms with E-state index in [1.54, 1.807) is 0 Å². The monoisotopic (exact) mass is 544 g/mol. The number of esters is 1. The maximum atomic E-state index is 12.3. The summed E-state index contributed by atoms with van der Waals surface area (Å²) >= 11 is 0. The Balaban J connectivity index is 2.24. The Morgan fingerprint density at radius 1 is 0.974 bits per heavy atom. The highest BCUT2D eigenvalue weighted by atomic mass is 17.1. The maximum Gasteiger partial charge on any atom is 0.325 e. The van der Waals surface area contributed by atoms with E-state index in [1.807, 2.05) is 12.2 Å². The zero-order chi connectivity index (χ0) is 28.3. The molecule has 1 aliphatic carbocycles. The molecule has 38 heavy (non-hydrogen) atoms. The van der Waals surface area contributed by atoms with Gasteiger partial charge < -0.3 is 20.3 Å². The molecule has 0 spiro atoms. The van der Waals surface area contributed by atoms with Crippen LogP contribution in [0.15, 0.2) is 12.2 Å². The summed E-state index contributed by atoms with van der Waals surface area (Å²) in [7, 11) is 0. The molecule has 1 fully saturated rings. The smallest absolute Gasteiger partial charge is 0.325 e. The third-order valence-electron chi connectivity index (χ3n) is 6.87. The highest BCUT2D eigenvalue weighted by Gasteiger charge is 2.40. The zero-order valence-electron chi connectivity index (χ0n) is 22.9. The lowest BCUT2D eigenvalue weighted by atomic mass is 9.86. The van der Waals surface area contributed by atoms with Crippen molar-refractivity contribution in [1.82, 2.24) is 10.7 Å². The first-order valence-electron chi connectivity index (χ1n) is 13.9. The second kappa shape index (κ2) is 20.1. The molecule has 0 aromatic carbocycles. The number of carbonyl (C=O) groups is 3. The molecule has 0 aromatic heterocycles. The lowest BCUT2D eigenvalue weighted by molar-refractivity contribution is -0.494. The Kier molecular flexibility index (Phi) is 18.0. The van der Waals surface area contributed by atoms with Crippen LogP contribution in [0.2, 0.25) is 0 Å². The van der Waals surface area contributed by atoms with E-state index in [4.69, 9.17) is 15.2 Å². The number of ketones is 1. The molecule has 0 aliphatic heterocycles. The number of aliphatic hydroxyl groups is 2. The van der Waals surface area contributed by atoms with Crippen LogP contribution in [-0.2, 0) is 24.0 Å². The Bertz CT molecular complexity index is 717. The summed E-state index contributed by atoms with van der Waals surface area (Å²) in [5, 5.41) is 39.7. The Morgan fingerprint density at radius 3 is 2.39 bits per heavy atom. The molecule has 0 aromatic rings. The van der Waals surface area contributed by atoms with Crippen LogP contribution in [0.25, 0.3) is 0 Å². The van der Waals surface area contributed by atoms with Gasteiger partial charge in [-0.3, -0.25) is 24.8 Å². The zero-order valence-corrected chi connectivity index (χ0v) is 22.9. The first kappa shape index (κ1) is 34.1. The number of aliphatic hydroxyl groups excluding tert-OH is 2. The van der Waals surface area contributed by atoms with Gasteiger partial charge in [-0.1, -0.05) is 44.8 Å². The minimum absolute atomic E-state index is 0.0847. The number of ether oxygens (including phenoxy) is 1. The van der Waals surface area contributed by atoms with E-state index in [9.17, 15) is 24.6 Å². The van der Waals surface area contributed by atoms with Gasteiger partial charge in [0.05, 0.1) is 17.6 Å². The number of nitrogens with zero attached hydrogens (tertiary/aromatic N) is 1. The molecule has 1 unspecified atom stereocenters. The average Bonchev–Trinajstić information content (AvgIpc) is 3.13. The van der Waals surface area contributed by atoms with Gasteiger partial charge in [-0.2, -0.15) is 0 Å². The molecule has 1 rings (SSSR count). The van der Waals surface area contributed by atoms with Crippen molar-refractivity contribution in [3.05, 3.63) is 12.2 Å². The molecule has 5 atom stereocenters. The van der Waals surface area contributed by atoms with Crippen LogP contribution in [0.5, 0.6) is 0 Å². The van der Waals surface area contributed by atoms with E-state index >= 15 is 0 Å². The van der Waals surface area contributed by atoms with Crippen LogP contribution in [0, 0.1) is 11.8 Å². The number of hydrogen-bond donors (Lipinski definition) is 5. The fourth-order valence-corrected chi connectivity index (χ4v) is 4.77. The van der Waals surface area contributed by atoms with Crippen LogP contribution in [0.1, 0.15) is 97.3 Å². The van der Waals surface area contributed by atoms with Gasteiger partial charge in [-0.15, -0.1) is 0 Å². The number of allylic oxidation sites excluding steroid dienone is 2. The summed E-state index contributed by atoms with van der Waals surface area (Å²) in [5.41, 5.74) is 0. The predicted molar refractivity (Wildman–Crippen MR) is 139 cm³/mol. The van der Waals surface area contributed by atoms with Crippen molar-refractivity contribution in [3.63, 3.8) is 0 Å². The molecule has 11 nitrogen and oxygen atoms in total. The number of rotatable bonds is 21. The summed E-state index contributed by atoms with van der Waals surface area (Å²) in [6.45, 7) is 3.11. The largest absolute Gasteiger partial charge is 0.459 e. The molecular weight excluding hydrogens is 496 g/mol. The van der Waals surface area contributed by atoms with Gasteiger partial charge >= 0.3 is 5.97 Å². The van der Waals surface area contributed by atoms with Gasteiger partial charge in [-0.05, 0) is 57.3 Å². The van der Waals surface area contributed by atoms with E-state index in [-0.39, 0.29) is 43.1 Å². The molecule has 0 saturated heterocycles. The fourth-order valence-electron chi connectivity index (χ4n) is 4.77. The van der Waals surface area contributed by atoms with Crippen molar-refractivity contribution in [3.8, 4) is 0 Å². The van der Waals surface area contributed by atoms with E-state index < -0.39 is 29.7 Å². The number of unbranched alkanes of at least 4 members (excludes halogenated alkanes) is 5. The van der Waals surface area contributed by atoms with Crippen molar-refractivity contribution in [2.75, 3.05) is 13.2 Å². The SMILES string of the molecule is CCCCCCCC(=O)CC[C@@H]1[C@@H](C/C=C\CCCC(=O)NCC(=O)OC(C)CON(O)O)[C@@H](O)C[C@H]1O. The number of nitrogens with one attached hydrogen (secondary N) is 1. The third kappa shape index (κ3) is 15.5. The van der Waals surface area contributed by atoms with Crippen molar-refractivity contribution in [2.45, 2.75) is 116 Å². The lowest BCUT2D eigenvalue weighted by Crippen LogP contribution is -2.33. The van der Waals surface area contributed by atoms with Gasteiger partial charge in [0, 0.05) is 19.3 Å². The fraction of sp³-hybridized carbons (Fsp3) is 0.815. The normalized spacial score (nSPS) is 22.2. The minimum Gasteiger partial charge on any atom is -0.459 e. The number of carbonyl (C=O) groups excluding carboxylic acids is 3. The van der Waals surface area contributed by atoms with E-state index in [2.05, 4.69) is 17.1 Å². The molecule has 0 heterocycles.